The van der Waals surface area contributed by atoms with Gasteiger partial charge in [0, 0.05) is 6.42 Å². The van der Waals surface area contributed by atoms with Crippen LogP contribution in [-0.2, 0) is 9.53 Å². The Kier molecular flexibility index (Phi) is 10.3. The highest BCUT2D eigenvalue weighted by Gasteiger charge is 2.14. The van der Waals surface area contributed by atoms with Crippen molar-refractivity contribution >= 4 is 5.97 Å². The van der Waals surface area contributed by atoms with Crippen molar-refractivity contribution in [2.75, 3.05) is 6.61 Å². The fourth-order valence-corrected chi connectivity index (χ4v) is 1.86. The number of carbonyl (C=O) groups is 1. The van der Waals surface area contributed by atoms with E-state index in [1.54, 1.807) is 0 Å². The number of ether oxygens (including phenoxy) is 1. The van der Waals surface area contributed by atoms with Gasteiger partial charge in [0.1, 0.15) is 0 Å². The van der Waals surface area contributed by atoms with E-state index in [0.717, 1.165) is 12.8 Å². The first-order chi connectivity index (χ1) is 8.10. The Hall–Kier alpha value is -0.530. The van der Waals surface area contributed by atoms with E-state index in [-0.39, 0.29) is 11.9 Å². The van der Waals surface area contributed by atoms with Crippen LogP contribution in [0.1, 0.15) is 65.7 Å². The van der Waals surface area contributed by atoms with Crippen LogP contribution >= 0.6 is 0 Å². The minimum atomic E-state index is -0.0438. The minimum Gasteiger partial charge on any atom is -0.465 e. The second kappa shape index (κ2) is 10.6. The Balaban J connectivity index is 3.89. The molecule has 0 aromatic heterocycles. The Labute approximate surface area is 107 Å². The lowest BCUT2D eigenvalue weighted by Crippen LogP contribution is -2.14. The molecular formula is C15H29O2. The molecule has 1 unspecified atom stereocenters. The van der Waals surface area contributed by atoms with Crippen LogP contribution in [0.2, 0.25) is 0 Å². The van der Waals surface area contributed by atoms with Gasteiger partial charge in [-0.1, -0.05) is 46.5 Å². The Morgan fingerprint density at radius 1 is 1.18 bits per heavy atom. The molecule has 0 aromatic rings. The molecule has 0 amide bonds. The highest BCUT2D eigenvalue weighted by Crippen LogP contribution is 2.20. The topological polar surface area (TPSA) is 26.3 Å². The average molecular weight is 241 g/mol. The fourth-order valence-electron chi connectivity index (χ4n) is 1.86. The van der Waals surface area contributed by atoms with Gasteiger partial charge in [-0.25, -0.2) is 0 Å². The molecule has 0 aliphatic rings. The zero-order valence-corrected chi connectivity index (χ0v) is 11.8. The van der Waals surface area contributed by atoms with Crippen molar-refractivity contribution < 1.29 is 9.53 Å². The highest BCUT2D eigenvalue weighted by molar-refractivity contribution is 5.69. The quantitative estimate of drug-likeness (QED) is 0.530. The smallest absolute Gasteiger partial charge is 0.306 e. The molecular weight excluding hydrogens is 212 g/mol. The molecule has 1 radical (unpaired) electrons. The second-order valence-corrected chi connectivity index (χ2v) is 5.14. The van der Waals surface area contributed by atoms with Crippen LogP contribution in [0.15, 0.2) is 0 Å². The van der Waals surface area contributed by atoms with E-state index in [4.69, 9.17) is 4.74 Å². The lowest BCUT2D eigenvalue weighted by molar-refractivity contribution is -0.145. The van der Waals surface area contributed by atoms with Crippen molar-refractivity contribution in [3.63, 3.8) is 0 Å². The van der Waals surface area contributed by atoms with Crippen molar-refractivity contribution in [2.24, 2.45) is 11.8 Å². The van der Waals surface area contributed by atoms with E-state index in [9.17, 15) is 4.79 Å². The molecule has 1 atom stereocenters. The third kappa shape index (κ3) is 10.3. The van der Waals surface area contributed by atoms with Crippen LogP contribution in [0, 0.1) is 18.8 Å². The molecule has 0 spiro atoms. The van der Waals surface area contributed by atoms with Gasteiger partial charge in [0.05, 0.1) is 6.61 Å². The van der Waals surface area contributed by atoms with E-state index >= 15 is 0 Å². The number of hydrogen-bond donors (Lipinski definition) is 0. The summed E-state index contributed by atoms with van der Waals surface area (Å²) in [6, 6.07) is 0. The van der Waals surface area contributed by atoms with Gasteiger partial charge < -0.3 is 4.74 Å². The van der Waals surface area contributed by atoms with Crippen LogP contribution in [0.3, 0.4) is 0 Å². The maximum atomic E-state index is 11.6. The van der Waals surface area contributed by atoms with Crippen molar-refractivity contribution in [1.82, 2.24) is 0 Å². The normalized spacial score (nSPS) is 11.2. The Morgan fingerprint density at radius 3 is 2.12 bits per heavy atom. The Morgan fingerprint density at radius 2 is 1.71 bits per heavy atom. The standard InChI is InChI=1S/C15H29O2/c1-5-7-9-14(10-8-6-2)11-15(16)17-12-13(3)4/h13-14H,3,5-12H2,1-2,4H3. The monoisotopic (exact) mass is 241 g/mol. The number of unbranched alkanes of at least 4 members (excludes halogenated alkanes) is 2. The summed E-state index contributed by atoms with van der Waals surface area (Å²) in [6.07, 6.45) is 7.74. The third-order valence-corrected chi connectivity index (χ3v) is 2.92. The zero-order chi connectivity index (χ0) is 13.1. The molecule has 0 saturated heterocycles. The van der Waals surface area contributed by atoms with Crippen molar-refractivity contribution in [3.05, 3.63) is 6.92 Å². The second-order valence-electron chi connectivity index (χ2n) is 5.14. The van der Waals surface area contributed by atoms with E-state index in [0.29, 0.717) is 18.9 Å². The molecule has 0 fully saturated rings. The van der Waals surface area contributed by atoms with Gasteiger partial charge in [-0.05, 0) is 31.6 Å². The number of carbonyl (C=O) groups excluding carboxylic acids is 1. The summed E-state index contributed by atoms with van der Waals surface area (Å²) in [5.41, 5.74) is 0. The minimum absolute atomic E-state index is 0.0438. The Bertz CT molecular complexity index is 179. The van der Waals surface area contributed by atoms with Gasteiger partial charge in [0.2, 0.25) is 0 Å². The van der Waals surface area contributed by atoms with Crippen LogP contribution in [0.25, 0.3) is 0 Å². The molecule has 0 heterocycles. The van der Waals surface area contributed by atoms with Crippen molar-refractivity contribution in [1.29, 1.82) is 0 Å². The first-order valence-electron chi connectivity index (χ1n) is 7.08. The first kappa shape index (κ1) is 16.5. The average Bonchev–Trinajstić information content (AvgIpc) is 2.30. The lowest BCUT2D eigenvalue weighted by Gasteiger charge is -2.16. The summed E-state index contributed by atoms with van der Waals surface area (Å²) in [6.45, 7) is 10.6. The highest BCUT2D eigenvalue weighted by atomic mass is 16.5. The van der Waals surface area contributed by atoms with E-state index < -0.39 is 0 Å². The lowest BCUT2D eigenvalue weighted by atomic mass is 9.93. The van der Waals surface area contributed by atoms with Crippen LogP contribution in [0.4, 0.5) is 0 Å². The summed E-state index contributed by atoms with van der Waals surface area (Å²) in [4.78, 5) is 11.6. The predicted molar refractivity (Wildman–Crippen MR) is 72.6 cm³/mol. The number of hydrogen-bond acceptors (Lipinski definition) is 2. The summed E-state index contributed by atoms with van der Waals surface area (Å²) < 4.78 is 5.19. The van der Waals surface area contributed by atoms with Crippen LogP contribution in [0.5, 0.6) is 0 Å². The molecule has 0 saturated carbocycles. The maximum Gasteiger partial charge on any atom is 0.306 e. The first-order valence-corrected chi connectivity index (χ1v) is 7.08. The summed E-state index contributed by atoms with van der Waals surface area (Å²) in [7, 11) is 0. The summed E-state index contributed by atoms with van der Waals surface area (Å²) in [5, 5.41) is 0. The zero-order valence-electron chi connectivity index (χ0n) is 11.8. The van der Waals surface area contributed by atoms with E-state index in [2.05, 4.69) is 20.8 Å². The molecule has 0 aliphatic heterocycles. The molecule has 2 nitrogen and oxygen atoms in total. The molecule has 0 aromatic carbocycles. The van der Waals surface area contributed by atoms with Gasteiger partial charge >= 0.3 is 5.97 Å². The summed E-state index contributed by atoms with van der Waals surface area (Å²) >= 11 is 0. The molecule has 0 bridgehead atoms. The SMILES string of the molecule is [CH2]C(C)COC(=O)CC(CCCC)CCCC. The molecule has 101 valence electrons. The maximum absolute atomic E-state index is 11.6. The molecule has 0 rings (SSSR count). The van der Waals surface area contributed by atoms with Gasteiger partial charge in [-0.2, -0.15) is 0 Å². The van der Waals surface area contributed by atoms with Crippen LogP contribution in [-0.4, -0.2) is 12.6 Å². The largest absolute Gasteiger partial charge is 0.465 e. The van der Waals surface area contributed by atoms with Crippen molar-refractivity contribution in [3.8, 4) is 0 Å². The van der Waals surface area contributed by atoms with Gasteiger partial charge in [0.15, 0.2) is 0 Å². The fraction of sp³-hybridized carbons (Fsp3) is 0.867. The molecule has 0 aliphatic carbocycles. The molecule has 0 N–H and O–H groups in total. The van der Waals surface area contributed by atoms with Crippen LogP contribution < -0.4 is 0 Å². The van der Waals surface area contributed by atoms with E-state index in [1.165, 1.54) is 25.7 Å². The number of rotatable bonds is 10. The van der Waals surface area contributed by atoms with Gasteiger partial charge in [-0.3, -0.25) is 4.79 Å². The van der Waals surface area contributed by atoms with E-state index in [1.807, 2.05) is 6.92 Å². The van der Waals surface area contributed by atoms with Gasteiger partial charge in [0.25, 0.3) is 0 Å². The third-order valence-electron chi connectivity index (χ3n) is 2.92. The molecule has 17 heavy (non-hydrogen) atoms. The molecule has 2 heteroatoms. The number of esters is 1. The van der Waals surface area contributed by atoms with Gasteiger partial charge in [-0.15, -0.1) is 0 Å². The predicted octanol–water partition coefficient (Wildman–Crippen LogP) is 4.39. The van der Waals surface area contributed by atoms with Crippen molar-refractivity contribution in [2.45, 2.75) is 65.7 Å². The summed E-state index contributed by atoms with van der Waals surface area (Å²) in [5.74, 6) is 0.656.